The van der Waals surface area contributed by atoms with Crippen molar-refractivity contribution in [3.63, 3.8) is 0 Å². The number of thiocarbonyl (C=S) groups is 1. The van der Waals surface area contributed by atoms with Crippen molar-refractivity contribution in [1.29, 1.82) is 0 Å². The zero-order valence-corrected chi connectivity index (χ0v) is 22.7. The molecule has 39 heavy (non-hydrogen) atoms. The van der Waals surface area contributed by atoms with E-state index in [0.717, 1.165) is 34.6 Å². The maximum Gasteiger partial charge on any atom is 0.303 e. The van der Waals surface area contributed by atoms with E-state index in [1.807, 2.05) is 0 Å². The van der Waals surface area contributed by atoms with Gasteiger partial charge in [0, 0.05) is 52.6 Å². The van der Waals surface area contributed by atoms with Crippen LogP contribution in [0.4, 0.5) is 0 Å². The first-order valence-electron chi connectivity index (χ1n) is 11.4. The van der Waals surface area contributed by atoms with Crippen molar-refractivity contribution in [3.8, 4) is 0 Å². The summed E-state index contributed by atoms with van der Waals surface area (Å²) < 4.78 is 26.0. The van der Waals surface area contributed by atoms with E-state index in [1.54, 1.807) is 0 Å². The van der Waals surface area contributed by atoms with Crippen LogP contribution in [0.1, 0.15) is 45.0 Å². The Kier molecular flexibility index (Phi) is 13.8. The molecule has 16 heteroatoms. The lowest BCUT2D eigenvalue weighted by atomic mass is 10.0. The molecule has 0 spiro atoms. The second-order valence-corrected chi connectivity index (χ2v) is 8.18. The summed E-state index contributed by atoms with van der Waals surface area (Å²) in [6.07, 6.45) is -3.15. The number of nitrogens with zero attached hydrogens (tertiary/aromatic N) is 1. The van der Waals surface area contributed by atoms with Crippen molar-refractivity contribution in [2.75, 3.05) is 13.2 Å². The van der Waals surface area contributed by atoms with E-state index in [1.165, 1.54) is 24.5 Å². The number of hydrogen-bond donors (Lipinski definition) is 3. The van der Waals surface area contributed by atoms with Crippen LogP contribution in [-0.4, -0.2) is 83.4 Å². The van der Waals surface area contributed by atoms with Crippen LogP contribution in [0.3, 0.4) is 0 Å². The van der Waals surface area contributed by atoms with E-state index in [9.17, 15) is 28.8 Å². The number of carbonyl (C=O) groups is 6. The molecule has 1 amide bonds. The van der Waals surface area contributed by atoms with Gasteiger partial charge < -0.3 is 29.0 Å². The first kappa shape index (κ1) is 32.7. The minimum absolute atomic E-state index is 0.128. The largest absolute Gasteiger partial charge is 0.462 e. The summed E-state index contributed by atoms with van der Waals surface area (Å²) in [5, 5.41) is 2.55. The zero-order valence-electron chi connectivity index (χ0n) is 21.9. The monoisotopic (exact) mass is 570 g/mol. The molecule has 0 aromatic carbocycles. The molecule has 4 atom stereocenters. The molecule has 214 valence electrons. The SMILES string of the molecule is CC(=O)OC[C@@H](OC(C)=O)[C@@H](OC(C)=O)[C@H](OC(C)=O)[C@H](CNC(=S)NNC(=O)c1ccncc1)OC(C)=O. The third kappa shape index (κ3) is 13.1. The Morgan fingerprint density at radius 3 is 1.72 bits per heavy atom. The molecular weight excluding hydrogens is 540 g/mol. The standard InChI is InChI=1S/C23H30N4O11S/c1-12(28)34-11-19(36-14(3)30)21(38-16(5)32)20(37-15(4)31)18(35-13(2)29)10-25-23(39)27-26-22(33)17-6-8-24-9-7-17/h6-9,18-21H,10-11H2,1-5H3,(H,26,33)(H2,25,27,39)/t18-,19+,20+,21+/m0/s1. The van der Waals surface area contributed by atoms with Gasteiger partial charge in [0.05, 0.1) is 6.54 Å². The van der Waals surface area contributed by atoms with Gasteiger partial charge in [-0.3, -0.25) is 44.6 Å². The van der Waals surface area contributed by atoms with E-state index in [-0.39, 0.29) is 11.7 Å². The van der Waals surface area contributed by atoms with Gasteiger partial charge in [0.15, 0.2) is 29.5 Å². The van der Waals surface area contributed by atoms with Gasteiger partial charge in [-0.15, -0.1) is 0 Å². The summed E-state index contributed by atoms with van der Waals surface area (Å²) >= 11 is 5.13. The fourth-order valence-corrected chi connectivity index (χ4v) is 3.20. The summed E-state index contributed by atoms with van der Waals surface area (Å²) in [4.78, 5) is 75.0. The number of esters is 5. The van der Waals surface area contributed by atoms with Crippen LogP contribution in [0.2, 0.25) is 0 Å². The number of carbonyl (C=O) groups excluding carboxylic acids is 6. The predicted molar refractivity (Wildman–Crippen MR) is 134 cm³/mol. The number of nitrogens with one attached hydrogen (secondary N) is 3. The number of amides is 1. The maximum absolute atomic E-state index is 12.2. The van der Waals surface area contributed by atoms with Gasteiger partial charge >= 0.3 is 29.8 Å². The molecule has 0 bridgehead atoms. The Labute approximate surface area is 229 Å². The second-order valence-electron chi connectivity index (χ2n) is 7.77. The van der Waals surface area contributed by atoms with E-state index in [4.69, 9.17) is 35.9 Å². The first-order valence-corrected chi connectivity index (χ1v) is 11.8. The van der Waals surface area contributed by atoms with Crippen molar-refractivity contribution in [3.05, 3.63) is 30.1 Å². The van der Waals surface area contributed by atoms with Gasteiger partial charge in [-0.2, -0.15) is 0 Å². The van der Waals surface area contributed by atoms with Crippen LogP contribution < -0.4 is 16.2 Å². The summed E-state index contributed by atoms with van der Waals surface area (Å²) in [6.45, 7) is 4.40. The number of aromatic nitrogens is 1. The summed E-state index contributed by atoms with van der Waals surface area (Å²) in [5.41, 5.74) is 5.10. The smallest absolute Gasteiger partial charge is 0.303 e. The minimum atomic E-state index is -1.59. The van der Waals surface area contributed by atoms with Gasteiger partial charge in [-0.1, -0.05) is 0 Å². The third-order valence-corrected chi connectivity index (χ3v) is 4.69. The van der Waals surface area contributed by atoms with Crippen molar-refractivity contribution < 1.29 is 52.5 Å². The quantitative estimate of drug-likeness (QED) is 0.125. The Hall–Kier alpha value is -4.34. The molecule has 0 aliphatic carbocycles. The number of hydrazine groups is 1. The van der Waals surface area contributed by atoms with Crippen molar-refractivity contribution in [2.45, 2.75) is 59.0 Å². The van der Waals surface area contributed by atoms with Gasteiger partial charge in [0.2, 0.25) is 0 Å². The molecule has 1 aromatic rings. The molecule has 0 unspecified atom stereocenters. The highest BCUT2D eigenvalue weighted by Crippen LogP contribution is 2.20. The van der Waals surface area contributed by atoms with E-state index in [2.05, 4.69) is 21.2 Å². The Morgan fingerprint density at radius 2 is 1.23 bits per heavy atom. The van der Waals surface area contributed by atoms with Gasteiger partial charge in [-0.25, -0.2) is 0 Å². The minimum Gasteiger partial charge on any atom is -0.462 e. The lowest BCUT2D eigenvalue weighted by molar-refractivity contribution is -0.202. The molecule has 0 saturated carbocycles. The Bertz CT molecular complexity index is 1050. The summed E-state index contributed by atoms with van der Waals surface area (Å²) in [5.74, 6) is -4.64. The average Bonchev–Trinajstić information content (AvgIpc) is 2.84. The number of pyridine rings is 1. The molecular formula is C23H30N4O11S. The molecule has 3 N–H and O–H groups in total. The van der Waals surface area contributed by atoms with Crippen LogP contribution in [0, 0.1) is 0 Å². The van der Waals surface area contributed by atoms with Crippen LogP contribution >= 0.6 is 12.2 Å². The zero-order chi connectivity index (χ0) is 29.5. The molecule has 1 rings (SSSR count). The highest BCUT2D eigenvalue weighted by Gasteiger charge is 2.44. The van der Waals surface area contributed by atoms with E-state index >= 15 is 0 Å². The topological polar surface area (TPSA) is 198 Å². The molecule has 0 aliphatic rings. The molecule has 0 radical (unpaired) electrons. The fourth-order valence-electron chi connectivity index (χ4n) is 3.07. The molecule has 0 aliphatic heterocycles. The van der Waals surface area contributed by atoms with E-state index in [0.29, 0.717) is 5.56 Å². The third-order valence-electron chi connectivity index (χ3n) is 4.44. The normalized spacial score (nSPS) is 13.3. The van der Waals surface area contributed by atoms with Crippen molar-refractivity contribution in [2.24, 2.45) is 0 Å². The van der Waals surface area contributed by atoms with Gasteiger partial charge in [0.25, 0.3) is 5.91 Å². The molecule has 1 aromatic heterocycles. The lowest BCUT2D eigenvalue weighted by Crippen LogP contribution is -2.56. The molecule has 0 saturated heterocycles. The summed E-state index contributed by atoms with van der Waals surface area (Å²) in [7, 11) is 0. The fraction of sp³-hybridized carbons (Fsp3) is 0.478. The van der Waals surface area contributed by atoms with Crippen LogP contribution in [-0.2, 0) is 47.7 Å². The van der Waals surface area contributed by atoms with E-state index < -0.39 is 66.8 Å². The van der Waals surface area contributed by atoms with Crippen molar-refractivity contribution >= 4 is 53.1 Å². The Balaban J connectivity index is 3.19. The Morgan fingerprint density at radius 1 is 0.744 bits per heavy atom. The molecule has 0 fully saturated rings. The van der Waals surface area contributed by atoms with Crippen LogP contribution in [0.5, 0.6) is 0 Å². The number of ether oxygens (including phenoxy) is 5. The molecule has 15 nitrogen and oxygen atoms in total. The lowest BCUT2D eigenvalue weighted by Gasteiger charge is -2.35. The highest BCUT2D eigenvalue weighted by molar-refractivity contribution is 7.80. The average molecular weight is 571 g/mol. The highest BCUT2D eigenvalue weighted by atomic mass is 32.1. The van der Waals surface area contributed by atoms with Crippen LogP contribution in [0.25, 0.3) is 0 Å². The number of rotatable bonds is 12. The van der Waals surface area contributed by atoms with Crippen molar-refractivity contribution in [1.82, 2.24) is 21.2 Å². The summed E-state index contributed by atoms with van der Waals surface area (Å²) in [6, 6.07) is 2.94. The predicted octanol–water partition coefficient (Wildman–Crippen LogP) is -0.520. The maximum atomic E-state index is 12.2. The second kappa shape index (κ2) is 16.5. The number of hydrogen-bond acceptors (Lipinski definition) is 13. The van der Waals surface area contributed by atoms with Gasteiger partial charge in [-0.05, 0) is 24.4 Å². The van der Waals surface area contributed by atoms with Gasteiger partial charge in [0.1, 0.15) is 6.61 Å². The van der Waals surface area contributed by atoms with Crippen LogP contribution in [0.15, 0.2) is 24.5 Å². The molecule has 1 heterocycles. The first-order chi connectivity index (χ1) is 18.3.